The van der Waals surface area contributed by atoms with Crippen LogP contribution in [0.25, 0.3) is 0 Å². The Morgan fingerprint density at radius 1 is 1.40 bits per heavy atom. The van der Waals surface area contributed by atoms with Crippen molar-refractivity contribution in [3.8, 4) is 0 Å². The lowest BCUT2D eigenvalue weighted by Gasteiger charge is -2.29. The first kappa shape index (κ1) is 12.2. The van der Waals surface area contributed by atoms with Crippen molar-refractivity contribution >= 4 is 11.7 Å². The lowest BCUT2D eigenvalue weighted by atomic mass is 10.1. The van der Waals surface area contributed by atoms with Crippen molar-refractivity contribution in [3.05, 3.63) is 0 Å². The molecule has 0 atom stereocenters. The van der Waals surface area contributed by atoms with E-state index in [2.05, 4.69) is 13.8 Å². The summed E-state index contributed by atoms with van der Waals surface area (Å²) in [5.41, 5.74) is 0. The van der Waals surface area contributed by atoms with E-state index >= 15 is 0 Å². The Morgan fingerprint density at radius 2 is 1.93 bits per heavy atom. The second kappa shape index (κ2) is 5.26. The number of piperidine rings is 1. The molecule has 0 aromatic rings. The molecule has 4 heteroatoms. The normalized spacial score (nSPS) is 17.7. The van der Waals surface area contributed by atoms with Gasteiger partial charge in [-0.3, -0.25) is 14.5 Å². The summed E-state index contributed by atoms with van der Waals surface area (Å²) in [6.07, 6.45) is 1.05. The molecule has 1 heterocycles. The second-order valence-corrected chi connectivity index (χ2v) is 4.43. The smallest absolute Gasteiger partial charge is 0.236 e. The number of likely N-dealkylation sites (tertiary alicyclic amines) is 1. The zero-order valence-corrected chi connectivity index (χ0v) is 9.82. The van der Waals surface area contributed by atoms with Gasteiger partial charge in [0.25, 0.3) is 0 Å². The summed E-state index contributed by atoms with van der Waals surface area (Å²) >= 11 is 0. The first-order valence-corrected chi connectivity index (χ1v) is 5.50. The Bertz CT molecular complexity index is 241. The molecule has 1 saturated heterocycles. The SMILES string of the molecule is CC(C)N(C)CC(=O)N1CCC(=O)CC1. The fourth-order valence-electron chi connectivity index (χ4n) is 1.50. The summed E-state index contributed by atoms with van der Waals surface area (Å²) in [5, 5.41) is 0. The van der Waals surface area contributed by atoms with Gasteiger partial charge >= 0.3 is 0 Å². The minimum atomic E-state index is 0.138. The Balaban J connectivity index is 2.37. The van der Waals surface area contributed by atoms with Gasteiger partial charge in [0.1, 0.15) is 5.78 Å². The molecule has 0 aliphatic carbocycles. The number of hydrogen-bond acceptors (Lipinski definition) is 3. The zero-order chi connectivity index (χ0) is 11.4. The van der Waals surface area contributed by atoms with Gasteiger partial charge in [-0.2, -0.15) is 0 Å². The van der Waals surface area contributed by atoms with Crippen LogP contribution >= 0.6 is 0 Å². The number of likely N-dealkylation sites (N-methyl/N-ethyl adjacent to an activating group) is 1. The summed E-state index contributed by atoms with van der Waals surface area (Å²) in [4.78, 5) is 26.6. The molecule has 86 valence electrons. The molecular weight excluding hydrogens is 192 g/mol. The van der Waals surface area contributed by atoms with Crippen molar-refractivity contribution < 1.29 is 9.59 Å². The summed E-state index contributed by atoms with van der Waals surface area (Å²) in [6.45, 7) is 5.78. The number of carbonyl (C=O) groups is 2. The van der Waals surface area contributed by atoms with E-state index in [0.29, 0.717) is 38.5 Å². The van der Waals surface area contributed by atoms with Crippen molar-refractivity contribution in [3.63, 3.8) is 0 Å². The third-order valence-electron chi connectivity index (χ3n) is 2.94. The lowest BCUT2D eigenvalue weighted by molar-refractivity contribution is -0.135. The van der Waals surface area contributed by atoms with Crippen LogP contribution in [0.2, 0.25) is 0 Å². The highest BCUT2D eigenvalue weighted by molar-refractivity contribution is 5.84. The molecule has 15 heavy (non-hydrogen) atoms. The predicted octanol–water partition coefficient (Wildman–Crippen LogP) is 0.518. The maximum atomic E-state index is 11.8. The number of amides is 1. The van der Waals surface area contributed by atoms with Gasteiger partial charge in [0.2, 0.25) is 5.91 Å². The number of nitrogens with zero attached hydrogens (tertiary/aromatic N) is 2. The van der Waals surface area contributed by atoms with Gasteiger partial charge < -0.3 is 4.90 Å². The van der Waals surface area contributed by atoms with E-state index < -0.39 is 0 Å². The molecule has 1 amide bonds. The molecule has 0 aromatic carbocycles. The van der Waals surface area contributed by atoms with Crippen LogP contribution in [-0.2, 0) is 9.59 Å². The summed E-state index contributed by atoms with van der Waals surface area (Å²) in [5.74, 6) is 0.412. The third-order valence-corrected chi connectivity index (χ3v) is 2.94. The second-order valence-electron chi connectivity index (χ2n) is 4.43. The van der Waals surface area contributed by atoms with Gasteiger partial charge in [0, 0.05) is 32.0 Å². The molecule has 1 fully saturated rings. The fourth-order valence-corrected chi connectivity index (χ4v) is 1.50. The van der Waals surface area contributed by atoms with Crippen molar-refractivity contribution in [2.75, 3.05) is 26.7 Å². The summed E-state index contributed by atoms with van der Waals surface area (Å²) < 4.78 is 0. The third kappa shape index (κ3) is 3.63. The highest BCUT2D eigenvalue weighted by Crippen LogP contribution is 2.06. The van der Waals surface area contributed by atoms with E-state index in [9.17, 15) is 9.59 Å². The summed E-state index contributed by atoms with van der Waals surface area (Å²) in [6, 6.07) is 0.375. The van der Waals surface area contributed by atoms with E-state index in [1.54, 1.807) is 4.90 Å². The molecule has 0 bridgehead atoms. The molecule has 0 N–H and O–H groups in total. The molecule has 4 nitrogen and oxygen atoms in total. The van der Waals surface area contributed by atoms with Gasteiger partial charge in [0.15, 0.2) is 0 Å². The number of hydrogen-bond donors (Lipinski definition) is 0. The number of carbonyl (C=O) groups excluding carboxylic acids is 2. The van der Waals surface area contributed by atoms with Crippen molar-refractivity contribution in [1.82, 2.24) is 9.80 Å². The molecule has 0 radical (unpaired) electrons. The minimum absolute atomic E-state index is 0.138. The van der Waals surface area contributed by atoms with Crippen LogP contribution in [0.3, 0.4) is 0 Å². The van der Waals surface area contributed by atoms with E-state index in [1.165, 1.54) is 0 Å². The first-order valence-electron chi connectivity index (χ1n) is 5.50. The molecule has 1 aliphatic heterocycles. The monoisotopic (exact) mass is 212 g/mol. The van der Waals surface area contributed by atoms with Crippen LogP contribution in [0.5, 0.6) is 0 Å². The van der Waals surface area contributed by atoms with E-state index in [4.69, 9.17) is 0 Å². The number of Topliss-reactive ketones (excluding diaryl/α,β-unsaturated/α-hetero) is 1. The molecule has 1 aliphatic rings. The number of rotatable bonds is 3. The van der Waals surface area contributed by atoms with Gasteiger partial charge in [-0.05, 0) is 20.9 Å². The molecule has 1 rings (SSSR count). The minimum Gasteiger partial charge on any atom is -0.341 e. The van der Waals surface area contributed by atoms with Crippen LogP contribution in [0.4, 0.5) is 0 Å². The highest BCUT2D eigenvalue weighted by Gasteiger charge is 2.21. The largest absolute Gasteiger partial charge is 0.341 e. The fraction of sp³-hybridized carbons (Fsp3) is 0.818. The van der Waals surface area contributed by atoms with Gasteiger partial charge in [-0.25, -0.2) is 0 Å². The maximum Gasteiger partial charge on any atom is 0.236 e. The molecule has 0 aromatic heterocycles. The Labute approximate surface area is 91.2 Å². The summed E-state index contributed by atoms with van der Waals surface area (Å²) in [7, 11) is 1.94. The Morgan fingerprint density at radius 3 is 2.40 bits per heavy atom. The maximum absolute atomic E-state index is 11.8. The lowest BCUT2D eigenvalue weighted by Crippen LogP contribution is -2.44. The number of ketones is 1. The van der Waals surface area contributed by atoms with Crippen LogP contribution in [0.15, 0.2) is 0 Å². The quantitative estimate of drug-likeness (QED) is 0.684. The highest BCUT2D eigenvalue weighted by atomic mass is 16.2. The van der Waals surface area contributed by atoms with E-state index in [0.717, 1.165) is 0 Å². The van der Waals surface area contributed by atoms with Gasteiger partial charge in [0.05, 0.1) is 6.54 Å². The average Bonchev–Trinajstić information content (AvgIpc) is 2.18. The Kier molecular flexibility index (Phi) is 4.27. The topological polar surface area (TPSA) is 40.6 Å². The van der Waals surface area contributed by atoms with Gasteiger partial charge in [-0.1, -0.05) is 0 Å². The van der Waals surface area contributed by atoms with Crippen LogP contribution < -0.4 is 0 Å². The van der Waals surface area contributed by atoms with Crippen LogP contribution in [0, 0.1) is 0 Å². The Hall–Kier alpha value is -0.900. The van der Waals surface area contributed by atoms with E-state index in [1.807, 2.05) is 11.9 Å². The van der Waals surface area contributed by atoms with Crippen molar-refractivity contribution in [2.45, 2.75) is 32.7 Å². The van der Waals surface area contributed by atoms with Crippen LogP contribution in [-0.4, -0.2) is 54.2 Å². The molecular formula is C11H20N2O2. The molecule has 0 spiro atoms. The standard InChI is InChI=1S/C11H20N2O2/c1-9(2)12(3)8-11(15)13-6-4-10(14)5-7-13/h9H,4-8H2,1-3H3. The predicted molar refractivity (Wildman–Crippen MR) is 58.6 cm³/mol. The van der Waals surface area contributed by atoms with Gasteiger partial charge in [-0.15, -0.1) is 0 Å². The van der Waals surface area contributed by atoms with Crippen molar-refractivity contribution in [1.29, 1.82) is 0 Å². The van der Waals surface area contributed by atoms with E-state index in [-0.39, 0.29) is 11.7 Å². The zero-order valence-electron chi connectivity index (χ0n) is 9.82. The molecule has 0 unspecified atom stereocenters. The first-order chi connectivity index (χ1) is 7.00. The molecule has 0 saturated carbocycles. The average molecular weight is 212 g/mol. The van der Waals surface area contributed by atoms with Crippen LogP contribution in [0.1, 0.15) is 26.7 Å². The van der Waals surface area contributed by atoms with Crippen molar-refractivity contribution in [2.24, 2.45) is 0 Å².